The lowest BCUT2D eigenvalue weighted by Gasteiger charge is -2.21. The van der Waals surface area contributed by atoms with E-state index in [0.29, 0.717) is 21.9 Å². The summed E-state index contributed by atoms with van der Waals surface area (Å²) in [5.41, 5.74) is 1.25. The summed E-state index contributed by atoms with van der Waals surface area (Å²) >= 11 is 11.9. The van der Waals surface area contributed by atoms with Gasteiger partial charge in [-0.2, -0.15) is 0 Å². The summed E-state index contributed by atoms with van der Waals surface area (Å²) in [4.78, 5) is 0. The molecule has 0 amide bonds. The summed E-state index contributed by atoms with van der Waals surface area (Å²) in [6.45, 7) is 8.63. The van der Waals surface area contributed by atoms with Crippen molar-refractivity contribution in [2.45, 2.75) is 26.7 Å². The lowest BCUT2D eigenvalue weighted by atomic mass is 9.89. The molecule has 0 heterocycles. The second kappa shape index (κ2) is 6.48. The highest BCUT2D eigenvalue weighted by Crippen LogP contribution is 2.29. The highest BCUT2D eigenvalue weighted by molar-refractivity contribution is 6.42. The van der Waals surface area contributed by atoms with Crippen LogP contribution in [0.3, 0.4) is 0 Å². The minimum atomic E-state index is 0.480. The molecule has 90 valence electrons. The zero-order chi connectivity index (χ0) is 12.1. The van der Waals surface area contributed by atoms with Crippen molar-refractivity contribution in [3.63, 3.8) is 0 Å². The fourth-order valence-electron chi connectivity index (χ4n) is 1.67. The van der Waals surface area contributed by atoms with E-state index in [9.17, 15) is 0 Å². The molecule has 2 unspecified atom stereocenters. The standard InChI is InChI=1S/C13H19Cl2N/c1-4-16-8-9(2)10(3)11-5-6-12(14)13(15)7-11/h5-7,9-10,16H,4,8H2,1-3H3. The van der Waals surface area contributed by atoms with Gasteiger partial charge in [0.25, 0.3) is 0 Å². The fourth-order valence-corrected chi connectivity index (χ4v) is 1.98. The van der Waals surface area contributed by atoms with Crippen molar-refractivity contribution >= 4 is 23.2 Å². The zero-order valence-corrected chi connectivity index (χ0v) is 11.6. The van der Waals surface area contributed by atoms with E-state index in [1.165, 1.54) is 5.56 Å². The van der Waals surface area contributed by atoms with Gasteiger partial charge in [-0.25, -0.2) is 0 Å². The predicted octanol–water partition coefficient (Wildman–Crippen LogP) is 4.34. The molecule has 1 aromatic rings. The van der Waals surface area contributed by atoms with Crippen molar-refractivity contribution in [1.29, 1.82) is 0 Å². The second-order valence-corrected chi connectivity index (χ2v) is 5.06. The van der Waals surface area contributed by atoms with Crippen LogP contribution in [0.5, 0.6) is 0 Å². The smallest absolute Gasteiger partial charge is 0.0595 e. The molecule has 0 aromatic heterocycles. The van der Waals surface area contributed by atoms with Gasteiger partial charge in [0.05, 0.1) is 10.0 Å². The van der Waals surface area contributed by atoms with Crippen molar-refractivity contribution in [2.24, 2.45) is 5.92 Å². The second-order valence-electron chi connectivity index (χ2n) is 4.25. The normalized spacial score (nSPS) is 14.8. The third kappa shape index (κ3) is 3.65. The predicted molar refractivity (Wildman–Crippen MR) is 72.6 cm³/mol. The van der Waals surface area contributed by atoms with Crippen LogP contribution < -0.4 is 5.32 Å². The van der Waals surface area contributed by atoms with Gasteiger partial charge in [0.15, 0.2) is 0 Å². The van der Waals surface area contributed by atoms with Crippen LogP contribution in [0.2, 0.25) is 10.0 Å². The molecule has 0 fully saturated rings. The SMILES string of the molecule is CCNCC(C)C(C)c1ccc(Cl)c(Cl)c1. The molecule has 3 heteroatoms. The highest BCUT2D eigenvalue weighted by Gasteiger charge is 2.14. The molecule has 16 heavy (non-hydrogen) atoms. The van der Waals surface area contributed by atoms with E-state index >= 15 is 0 Å². The first-order valence-corrected chi connectivity index (χ1v) is 6.47. The Morgan fingerprint density at radius 2 is 1.88 bits per heavy atom. The number of hydrogen-bond acceptors (Lipinski definition) is 1. The van der Waals surface area contributed by atoms with Crippen molar-refractivity contribution in [3.05, 3.63) is 33.8 Å². The Kier molecular flexibility index (Phi) is 5.60. The largest absolute Gasteiger partial charge is 0.317 e. The fraction of sp³-hybridized carbons (Fsp3) is 0.538. The molecule has 0 saturated heterocycles. The summed E-state index contributed by atoms with van der Waals surface area (Å²) in [6, 6.07) is 5.90. The first-order chi connectivity index (χ1) is 7.56. The number of nitrogens with one attached hydrogen (secondary N) is 1. The average molecular weight is 260 g/mol. The molecule has 0 saturated carbocycles. The summed E-state index contributed by atoms with van der Waals surface area (Å²) < 4.78 is 0. The zero-order valence-electron chi connectivity index (χ0n) is 10.1. The van der Waals surface area contributed by atoms with E-state index in [-0.39, 0.29) is 0 Å². The van der Waals surface area contributed by atoms with Crippen LogP contribution in [0, 0.1) is 5.92 Å². The van der Waals surface area contributed by atoms with Gasteiger partial charge >= 0.3 is 0 Å². The third-order valence-corrected chi connectivity index (χ3v) is 3.78. The monoisotopic (exact) mass is 259 g/mol. The Labute approximate surface area is 108 Å². The molecular formula is C13H19Cl2N. The Bertz CT molecular complexity index is 339. The maximum atomic E-state index is 6.02. The van der Waals surface area contributed by atoms with E-state index in [2.05, 4.69) is 32.2 Å². The molecular weight excluding hydrogens is 241 g/mol. The molecule has 1 rings (SSSR count). The molecule has 0 spiro atoms. The van der Waals surface area contributed by atoms with E-state index in [4.69, 9.17) is 23.2 Å². The van der Waals surface area contributed by atoms with Crippen molar-refractivity contribution in [1.82, 2.24) is 5.32 Å². The molecule has 0 aliphatic rings. The maximum absolute atomic E-state index is 6.02. The lowest BCUT2D eigenvalue weighted by molar-refractivity contribution is 0.454. The Hall–Kier alpha value is -0.240. The Balaban J connectivity index is 2.71. The molecule has 0 aliphatic carbocycles. The number of benzene rings is 1. The van der Waals surface area contributed by atoms with Gasteiger partial charge in [-0.1, -0.05) is 50.0 Å². The van der Waals surface area contributed by atoms with Crippen molar-refractivity contribution < 1.29 is 0 Å². The number of rotatable bonds is 5. The molecule has 0 bridgehead atoms. The van der Waals surface area contributed by atoms with E-state index < -0.39 is 0 Å². The Morgan fingerprint density at radius 3 is 2.44 bits per heavy atom. The molecule has 1 aromatic carbocycles. The summed E-state index contributed by atoms with van der Waals surface area (Å²) in [7, 11) is 0. The van der Waals surface area contributed by atoms with Gasteiger partial charge < -0.3 is 5.32 Å². The average Bonchev–Trinajstić information content (AvgIpc) is 2.28. The lowest BCUT2D eigenvalue weighted by Crippen LogP contribution is -2.24. The van der Waals surface area contributed by atoms with Crippen LogP contribution >= 0.6 is 23.2 Å². The van der Waals surface area contributed by atoms with Gasteiger partial charge in [0, 0.05) is 0 Å². The van der Waals surface area contributed by atoms with Gasteiger partial charge in [-0.05, 0) is 42.6 Å². The molecule has 2 atom stereocenters. The molecule has 1 N–H and O–H groups in total. The van der Waals surface area contributed by atoms with Crippen LogP contribution in [0.4, 0.5) is 0 Å². The summed E-state index contributed by atoms with van der Waals surface area (Å²) in [5.74, 6) is 1.06. The van der Waals surface area contributed by atoms with Crippen LogP contribution in [0.15, 0.2) is 18.2 Å². The van der Waals surface area contributed by atoms with Gasteiger partial charge in [0.1, 0.15) is 0 Å². The van der Waals surface area contributed by atoms with Gasteiger partial charge in [-0.3, -0.25) is 0 Å². The minimum absolute atomic E-state index is 0.480. The summed E-state index contributed by atoms with van der Waals surface area (Å²) in [6.07, 6.45) is 0. The molecule has 1 nitrogen and oxygen atoms in total. The van der Waals surface area contributed by atoms with Crippen LogP contribution in [-0.4, -0.2) is 13.1 Å². The maximum Gasteiger partial charge on any atom is 0.0595 e. The minimum Gasteiger partial charge on any atom is -0.317 e. The van der Waals surface area contributed by atoms with Gasteiger partial charge in [0.2, 0.25) is 0 Å². The first kappa shape index (κ1) is 13.8. The van der Waals surface area contributed by atoms with E-state index in [0.717, 1.165) is 13.1 Å². The van der Waals surface area contributed by atoms with Crippen LogP contribution in [-0.2, 0) is 0 Å². The Morgan fingerprint density at radius 1 is 1.19 bits per heavy atom. The van der Waals surface area contributed by atoms with Crippen LogP contribution in [0.1, 0.15) is 32.3 Å². The quantitative estimate of drug-likeness (QED) is 0.830. The van der Waals surface area contributed by atoms with Crippen molar-refractivity contribution in [2.75, 3.05) is 13.1 Å². The highest BCUT2D eigenvalue weighted by atomic mass is 35.5. The van der Waals surface area contributed by atoms with Crippen molar-refractivity contribution in [3.8, 4) is 0 Å². The van der Waals surface area contributed by atoms with E-state index in [1.807, 2.05) is 12.1 Å². The van der Waals surface area contributed by atoms with E-state index in [1.54, 1.807) is 0 Å². The molecule has 0 radical (unpaired) electrons. The third-order valence-electron chi connectivity index (χ3n) is 3.04. The molecule has 0 aliphatic heterocycles. The topological polar surface area (TPSA) is 12.0 Å². The number of hydrogen-bond donors (Lipinski definition) is 1. The summed E-state index contributed by atoms with van der Waals surface area (Å²) in [5, 5.41) is 4.63. The number of halogens is 2. The van der Waals surface area contributed by atoms with Gasteiger partial charge in [-0.15, -0.1) is 0 Å². The first-order valence-electron chi connectivity index (χ1n) is 5.72. The van der Waals surface area contributed by atoms with Crippen LogP contribution in [0.25, 0.3) is 0 Å².